The SMILES string of the molecule is COC1C(c2ccc(C#N)c(Cl)c2C)=NN2CC[C@@H](F)[C@@H]12. The minimum atomic E-state index is -0.939. The Bertz CT molecular complexity index is 655. The van der Waals surface area contributed by atoms with Crippen LogP contribution in [0, 0.1) is 18.3 Å². The van der Waals surface area contributed by atoms with Crippen LogP contribution in [0.4, 0.5) is 4.39 Å². The lowest BCUT2D eigenvalue weighted by molar-refractivity contribution is 0.0701. The van der Waals surface area contributed by atoms with Crippen molar-refractivity contribution in [2.45, 2.75) is 31.7 Å². The van der Waals surface area contributed by atoms with Gasteiger partial charge in [-0.15, -0.1) is 0 Å². The largest absolute Gasteiger partial charge is 0.373 e. The van der Waals surface area contributed by atoms with E-state index in [1.54, 1.807) is 24.3 Å². The molecule has 2 aliphatic heterocycles. The van der Waals surface area contributed by atoms with E-state index in [1.165, 1.54) is 0 Å². The molecule has 2 heterocycles. The Labute approximate surface area is 127 Å². The normalized spacial score (nSPS) is 27.5. The van der Waals surface area contributed by atoms with Crippen molar-refractivity contribution in [3.05, 3.63) is 33.8 Å². The highest BCUT2D eigenvalue weighted by atomic mass is 35.5. The number of rotatable bonds is 2. The second-order valence-electron chi connectivity index (χ2n) is 5.31. The molecule has 1 aromatic rings. The van der Waals surface area contributed by atoms with Crippen LogP contribution in [0.25, 0.3) is 0 Å². The van der Waals surface area contributed by atoms with Crippen molar-refractivity contribution in [1.29, 1.82) is 5.26 Å². The second kappa shape index (κ2) is 5.28. The summed E-state index contributed by atoms with van der Waals surface area (Å²) in [6, 6.07) is 5.16. The molecule has 3 rings (SSSR count). The van der Waals surface area contributed by atoms with Crippen LogP contribution >= 0.6 is 11.6 Å². The van der Waals surface area contributed by atoms with Gasteiger partial charge >= 0.3 is 0 Å². The van der Waals surface area contributed by atoms with Crippen molar-refractivity contribution in [2.75, 3.05) is 13.7 Å². The topological polar surface area (TPSA) is 48.6 Å². The molecule has 0 spiro atoms. The van der Waals surface area contributed by atoms with Gasteiger partial charge in [0, 0.05) is 19.2 Å². The van der Waals surface area contributed by atoms with Crippen molar-refractivity contribution in [1.82, 2.24) is 5.01 Å². The lowest BCUT2D eigenvalue weighted by Gasteiger charge is -2.22. The van der Waals surface area contributed by atoms with Crippen LogP contribution in [0.15, 0.2) is 17.2 Å². The molecular weight excluding hydrogens is 293 g/mol. The van der Waals surface area contributed by atoms with Crippen molar-refractivity contribution < 1.29 is 9.13 Å². The van der Waals surface area contributed by atoms with E-state index in [0.717, 1.165) is 11.1 Å². The molecule has 1 unspecified atom stereocenters. The summed E-state index contributed by atoms with van der Waals surface area (Å²) in [6.45, 7) is 2.43. The summed E-state index contributed by atoms with van der Waals surface area (Å²) in [7, 11) is 1.56. The van der Waals surface area contributed by atoms with Gasteiger partial charge in [-0.25, -0.2) is 4.39 Å². The van der Waals surface area contributed by atoms with Crippen LogP contribution in [0.1, 0.15) is 23.1 Å². The van der Waals surface area contributed by atoms with E-state index in [0.29, 0.717) is 29.3 Å². The number of nitriles is 1. The molecule has 0 aromatic heterocycles. The monoisotopic (exact) mass is 307 g/mol. The smallest absolute Gasteiger partial charge is 0.127 e. The average Bonchev–Trinajstić information content (AvgIpc) is 3.02. The zero-order valence-electron chi connectivity index (χ0n) is 11.8. The Morgan fingerprint density at radius 2 is 2.29 bits per heavy atom. The minimum absolute atomic E-state index is 0.362. The Kier molecular flexibility index (Phi) is 3.60. The highest BCUT2D eigenvalue weighted by Gasteiger charge is 2.47. The molecule has 21 heavy (non-hydrogen) atoms. The first kappa shape index (κ1) is 14.3. The standard InChI is InChI=1S/C15H15ClFN3O/c1-8-10(4-3-9(7-18)12(8)16)13-15(21-2)14-11(17)5-6-20(14)19-13/h3-4,11,14-15H,5-6H2,1-2H3/t11-,14+,15?/m1/s1. The highest BCUT2D eigenvalue weighted by molar-refractivity contribution is 6.33. The third kappa shape index (κ3) is 2.10. The summed E-state index contributed by atoms with van der Waals surface area (Å²) >= 11 is 6.21. The van der Waals surface area contributed by atoms with Crippen LogP contribution in [0.3, 0.4) is 0 Å². The van der Waals surface area contributed by atoms with Gasteiger partial charge in [-0.05, 0) is 25.0 Å². The van der Waals surface area contributed by atoms with E-state index in [1.807, 2.05) is 6.92 Å². The van der Waals surface area contributed by atoms with Crippen LogP contribution in [0.2, 0.25) is 5.02 Å². The van der Waals surface area contributed by atoms with Crippen LogP contribution in [0.5, 0.6) is 0 Å². The molecular formula is C15H15ClFN3O. The molecule has 6 heteroatoms. The Morgan fingerprint density at radius 3 is 2.95 bits per heavy atom. The van der Waals surface area contributed by atoms with E-state index in [-0.39, 0.29) is 6.04 Å². The number of nitrogens with zero attached hydrogens (tertiary/aromatic N) is 3. The summed E-state index contributed by atoms with van der Waals surface area (Å²) in [5.74, 6) is 0. The highest BCUT2D eigenvalue weighted by Crippen LogP contribution is 2.34. The summed E-state index contributed by atoms with van der Waals surface area (Å²) in [5.41, 5.74) is 2.70. The molecule has 4 nitrogen and oxygen atoms in total. The minimum Gasteiger partial charge on any atom is -0.373 e. The van der Waals surface area contributed by atoms with E-state index < -0.39 is 12.3 Å². The van der Waals surface area contributed by atoms with E-state index in [9.17, 15) is 4.39 Å². The maximum absolute atomic E-state index is 14.0. The average molecular weight is 308 g/mol. The van der Waals surface area contributed by atoms with Gasteiger partial charge in [0.05, 0.1) is 16.3 Å². The van der Waals surface area contributed by atoms with Crippen molar-refractivity contribution >= 4 is 17.3 Å². The number of fused-ring (bicyclic) bond motifs is 1. The summed E-state index contributed by atoms with van der Waals surface area (Å²) in [4.78, 5) is 0. The molecule has 3 atom stereocenters. The number of halogens is 2. The van der Waals surface area contributed by atoms with Crippen LogP contribution in [-0.2, 0) is 4.74 Å². The number of hydrogen-bond donors (Lipinski definition) is 0. The Morgan fingerprint density at radius 1 is 1.52 bits per heavy atom. The van der Waals surface area contributed by atoms with Gasteiger partial charge in [-0.3, -0.25) is 5.01 Å². The summed E-state index contributed by atoms with van der Waals surface area (Å²) < 4.78 is 19.5. The fraction of sp³-hybridized carbons (Fsp3) is 0.467. The maximum Gasteiger partial charge on any atom is 0.127 e. The molecule has 0 N–H and O–H groups in total. The number of alkyl halides is 1. The first-order chi connectivity index (χ1) is 10.1. The number of benzene rings is 1. The van der Waals surface area contributed by atoms with Crippen molar-refractivity contribution in [2.24, 2.45) is 5.10 Å². The lowest BCUT2D eigenvalue weighted by Crippen LogP contribution is -2.40. The van der Waals surface area contributed by atoms with Gasteiger partial charge in [0.25, 0.3) is 0 Å². The van der Waals surface area contributed by atoms with Crippen molar-refractivity contribution in [3.8, 4) is 6.07 Å². The zero-order valence-corrected chi connectivity index (χ0v) is 12.6. The summed E-state index contributed by atoms with van der Waals surface area (Å²) in [6.07, 6.45) is -0.871. The number of hydrogen-bond acceptors (Lipinski definition) is 4. The zero-order chi connectivity index (χ0) is 15.1. The van der Waals surface area contributed by atoms with Gasteiger partial charge in [-0.1, -0.05) is 17.7 Å². The van der Waals surface area contributed by atoms with E-state index in [4.69, 9.17) is 21.6 Å². The lowest BCUT2D eigenvalue weighted by atomic mass is 9.94. The predicted octanol–water partition coefficient (Wildman–Crippen LogP) is 2.67. The van der Waals surface area contributed by atoms with Crippen molar-refractivity contribution in [3.63, 3.8) is 0 Å². The van der Waals surface area contributed by atoms with Crippen LogP contribution < -0.4 is 0 Å². The fourth-order valence-electron chi connectivity index (χ4n) is 3.09. The van der Waals surface area contributed by atoms with Gasteiger partial charge in [0.2, 0.25) is 0 Å². The summed E-state index contributed by atoms with van der Waals surface area (Å²) in [5, 5.41) is 15.7. The van der Waals surface area contributed by atoms with Gasteiger partial charge < -0.3 is 4.74 Å². The van der Waals surface area contributed by atoms with E-state index in [2.05, 4.69) is 11.2 Å². The second-order valence-corrected chi connectivity index (χ2v) is 5.69. The molecule has 0 saturated carbocycles. The molecule has 110 valence electrons. The molecule has 0 radical (unpaired) electrons. The number of hydrazone groups is 1. The van der Waals surface area contributed by atoms with Gasteiger partial charge in [0.15, 0.2) is 0 Å². The van der Waals surface area contributed by atoms with Crippen LogP contribution in [-0.4, -0.2) is 42.7 Å². The fourth-order valence-corrected chi connectivity index (χ4v) is 3.30. The molecule has 2 aliphatic rings. The third-order valence-corrected chi connectivity index (χ3v) is 4.69. The first-order valence-electron chi connectivity index (χ1n) is 6.80. The predicted molar refractivity (Wildman–Crippen MR) is 78.2 cm³/mol. The third-order valence-electron chi connectivity index (χ3n) is 4.20. The van der Waals surface area contributed by atoms with Gasteiger partial charge in [-0.2, -0.15) is 10.4 Å². The Hall–Kier alpha value is -1.64. The van der Waals surface area contributed by atoms with E-state index >= 15 is 0 Å². The molecule has 1 saturated heterocycles. The maximum atomic E-state index is 14.0. The number of ether oxygens (including phenoxy) is 1. The quantitative estimate of drug-likeness (QED) is 0.844. The Balaban J connectivity index is 2.05. The molecule has 1 fully saturated rings. The molecule has 1 aromatic carbocycles. The molecule has 0 bridgehead atoms. The van der Waals surface area contributed by atoms with Gasteiger partial charge in [0.1, 0.15) is 24.4 Å². The first-order valence-corrected chi connectivity index (χ1v) is 7.18. The number of methoxy groups -OCH3 is 1. The molecule has 0 aliphatic carbocycles. The molecule has 0 amide bonds.